The van der Waals surface area contributed by atoms with Gasteiger partial charge < -0.3 is 18.9 Å². The molecule has 7 aliphatic rings. The van der Waals surface area contributed by atoms with Crippen LogP contribution in [-0.2, 0) is 28.1 Å². The Morgan fingerprint density at radius 1 is 0.404 bits per heavy atom. The van der Waals surface area contributed by atoms with Crippen molar-refractivity contribution in [3.05, 3.63) is 389 Å². The van der Waals surface area contributed by atoms with Crippen LogP contribution in [-0.4, -0.2) is 15.2 Å². The van der Waals surface area contributed by atoms with E-state index < -0.39 is 0 Å². The fourth-order valence-corrected chi connectivity index (χ4v) is 21.0. The van der Waals surface area contributed by atoms with Crippen LogP contribution in [0.4, 0.5) is 28.4 Å². The molecule has 0 saturated heterocycles. The second kappa shape index (κ2) is 24.3. The Kier molecular flexibility index (Phi) is 14.5. The van der Waals surface area contributed by atoms with Crippen LogP contribution < -0.4 is 9.80 Å². The number of anilines is 5. The van der Waals surface area contributed by atoms with Crippen LogP contribution in [0.15, 0.2) is 338 Å². The van der Waals surface area contributed by atoms with Gasteiger partial charge in [0.15, 0.2) is 0 Å². The monoisotopic (exact) mass is 1400 g/mol. The summed E-state index contributed by atoms with van der Waals surface area (Å²) < 4.78 is 5.01. The van der Waals surface area contributed by atoms with Crippen LogP contribution in [0.1, 0.15) is 118 Å². The average molecular weight is 1410 g/mol. The lowest BCUT2D eigenvalue weighted by atomic mass is 9.67. The van der Waals surface area contributed by atoms with Gasteiger partial charge in [0.25, 0.3) is 0 Å². The Balaban J connectivity index is 0.615. The number of hydrogen-bond acceptors (Lipinski definition) is 2. The number of para-hydroxylation sites is 4. The molecule has 4 heteroatoms. The highest BCUT2D eigenvalue weighted by atomic mass is 15.2. The summed E-state index contributed by atoms with van der Waals surface area (Å²) in [5, 5.41) is 3.82. The van der Waals surface area contributed by atoms with Crippen molar-refractivity contribution in [3.63, 3.8) is 0 Å². The molecule has 109 heavy (non-hydrogen) atoms. The normalized spacial score (nSPS) is 20.4. The number of fused-ring (bicyclic) bond motifs is 15. The topological polar surface area (TPSA) is 16.3 Å². The Morgan fingerprint density at radius 3 is 1.66 bits per heavy atom. The van der Waals surface area contributed by atoms with Crippen LogP contribution in [0, 0.1) is 17.8 Å². The molecule has 0 spiro atoms. The van der Waals surface area contributed by atoms with E-state index in [4.69, 9.17) is 0 Å². The highest BCUT2D eigenvalue weighted by Gasteiger charge is 2.46. The lowest BCUT2D eigenvalue weighted by Gasteiger charge is -2.45. The highest BCUT2D eigenvalue weighted by molar-refractivity contribution is 6.10. The SMILES string of the molecule is C[C@@H]1Cc2c(c3ccc(C4(C)C=CC5=C(C4)C(C)(C)c4cc(N(c6ccc(-c7ccc8c(c7)c7ccccc7n8-c7ccccc7)cc6)c6ccc7c(c6)C(C)(C)c6ccccc6-7)ccc45)cc3n2-c2ccccc2)C=C1C1=CCC(N(c2ccccc2)c2ccc3c(c2)C(C)(C)c2ccccc2-3)C2C=CC=CC12. The van der Waals surface area contributed by atoms with E-state index in [-0.39, 0.29) is 39.5 Å². The summed E-state index contributed by atoms with van der Waals surface area (Å²) in [6.07, 6.45) is 22.7. The van der Waals surface area contributed by atoms with Crippen molar-refractivity contribution in [2.75, 3.05) is 9.80 Å². The molecule has 2 aromatic heterocycles. The van der Waals surface area contributed by atoms with Gasteiger partial charge in [-0.2, -0.15) is 0 Å². The molecule has 14 aromatic rings. The van der Waals surface area contributed by atoms with Crippen molar-refractivity contribution in [2.24, 2.45) is 17.8 Å². The minimum absolute atomic E-state index is 0.0975. The van der Waals surface area contributed by atoms with Crippen molar-refractivity contribution >= 4 is 72.8 Å². The largest absolute Gasteiger partial charge is 0.337 e. The van der Waals surface area contributed by atoms with Crippen molar-refractivity contribution in [2.45, 2.75) is 102 Å². The molecule has 0 amide bonds. The summed E-state index contributed by atoms with van der Waals surface area (Å²) in [4.78, 5) is 5.19. The summed E-state index contributed by atoms with van der Waals surface area (Å²) in [7, 11) is 0. The molecule has 0 aliphatic heterocycles. The molecule has 0 saturated carbocycles. The maximum absolute atomic E-state index is 2.68. The summed E-state index contributed by atoms with van der Waals surface area (Å²) in [6, 6.07) is 106. The van der Waals surface area contributed by atoms with Crippen molar-refractivity contribution in [1.82, 2.24) is 9.13 Å². The molecule has 0 N–H and O–H groups in total. The Bertz CT molecular complexity index is 6330. The standard InChI is InChI=1S/C105H88N4/c1-66-58-100-90(64-88(66)78-53-55-98(85-35-19-18-32-77(78)85)107(70-26-12-9-13-27-70)76-48-52-82-80-34-21-24-38-92(80)103(4,5)94(82)63-76)87-49-43-69(60-101(87)109(100)72-30-16-11-17-31-72)105(8)57-56-84-83-51-47-75(62-95(83)104(6,7)96(84)65-105)106(74-46-50-81-79-33-20-23-37-91(79)102(2,3)93(81)61-74)73-44-40-67(41-45-73)68-42-54-99-89(59-68)86-36-22-25-39-97(86)108(99)71-28-14-10-15-29-71/h9-54,56-57,59-64,66,77,85,98H,55,58,65H2,1-8H3/t66-,77?,85?,98?,105?/m1/s1. The van der Waals surface area contributed by atoms with Gasteiger partial charge in [0.1, 0.15) is 0 Å². The van der Waals surface area contributed by atoms with Crippen molar-refractivity contribution in [3.8, 4) is 44.8 Å². The van der Waals surface area contributed by atoms with E-state index in [9.17, 15) is 0 Å². The van der Waals surface area contributed by atoms with Crippen molar-refractivity contribution in [1.29, 1.82) is 0 Å². The first kappa shape index (κ1) is 65.3. The lowest BCUT2D eigenvalue weighted by molar-refractivity contribution is 0.399. The van der Waals surface area contributed by atoms with Gasteiger partial charge in [-0.15, -0.1) is 0 Å². The van der Waals surface area contributed by atoms with Crippen molar-refractivity contribution < 1.29 is 0 Å². The third-order valence-electron chi connectivity index (χ3n) is 26.7. The van der Waals surface area contributed by atoms with Crippen LogP contribution in [0.2, 0.25) is 0 Å². The fourth-order valence-electron chi connectivity index (χ4n) is 21.0. The van der Waals surface area contributed by atoms with E-state index in [2.05, 4.69) is 402 Å². The summed E-state index contributed by atoms with van der Waals surface area (Å²) in [5.41, 5.74) is 37.2. The average Bonchev–Trinajstić information content (AvgIpc) is 1.59. The molecule has 0 radical (unpaired) electrons. The van der Waals surface area contributed by atoms with Gasteiger partial charge in [-0.3, -0.25) is 0 Å². The number of aromatic nitrogens is 2. The predicted molar refractivity (Wildman–Crippen MR) is 458 cm³/mol. The van der Waals surface area contributed by atoms with Gasteiger partial charge in [-0.05, 0) is 229 Å². The maximum atomic E-state index is 2.68. The maximum Gasteiger partial charge on any atom is 0.0541 e. The third kappa shape index (κ3) is 9.89. The van der Waals surface area contributed by atoms with E-state index in [1.54, 1.807) is 0 Å². The van der Waals surface area contributed by atoms with E-state index in [0.717, 1.165) is 36.3 Å². The summed E-state index contributed by atoms with van der Waals surface area (Å²) in [6.45, 7) is 19.5. The van der Waals surface area contributed by atoms with Gasteiger partial charge in [-0.1, -0.05) is 273 Å². The molecule has 12 aromatic carbocycles. The first-order chi connectivity index (χ1) is 53.1. The van der Waals surface area contributed by atoms with E-state index in [0.29, 0.717) is 5.92 Å². The Labute approximate surface area is 641 Å². The molecule has 4 unspecified atom stereocenters. The molecule has 0 bridgehead atoms. The molecule has 2 heterocycles. The smallest absolute Gasteiger partial charge is 0.0541 e. The van der Waals surface area contributed by atoms with E-state index in [1.807, 2.05) is 0 Å². The molecular formula is C105H88N4. The van der Waals surface area contributed by atoms with E-state index in [1.165, 1.54) is 161 Å². The minimum Gasteiger partial charge on any atom is -0.337 e. The Morgan fingerprint density at radius 2 is 0.963 bits per heavy atom. The first-order valence-corrected chi connectivity index (χ1v) is 39.5. The quantitative estimate of drug-likeness (QED) is 0.128. The van der Waals surface area contributed by atoms with E-state index >= 15 is 0 Å². The molecule has 0 fully saturated rings. The number of rotatable bonds is 11. The lowest BCUT2D eigenvalue weighted by Crippen LogP contribution is -2.43. The zero-order valence-corrected chi connectivity index (χ0v) is 63.4. The molecule has 7 aliphatic carbocycles. The number of hydrogen-bond donors (Lipinski definition) is 0. The molecule has 21 rings (SSSR count). The number of allylic oxidation sites excluding steroid dienone is 9. The minimum atomic E-state index is -0.268. The zero-order chi connectivity index (χ0) is 73.4. The van der Waals surface area contributed by atoms with Gasteiger partial charge in [0.2, 0.25) is 0 Å². The second-order valence-electron chi connectivity index (χ2n) is 33.8. The summed E-state index contributed by atoms with van der Waals surface area (Å²) in [5.74, 6) is 0.803. The molecule has 528 valence electrons. The van der Waals surface area contributed by atoms with Gasteiger partial charge in [0, 0.05) is 107 Å². The predicted octanol–water partition coefficient (Wildman–Crippen LogP) is 26.9. The third-order valence-corrected chi connectivity index (χ3v) is 26.7. The molecule has 5 atom stereocenters. The number of benzene rings is 12. The molecular weight excluding hydrogens is 1320 g/mol. The first-order valence-electron chi connectivity index (χ1n) is 39.5. The van der Waals surface area contributed by atoms with Crippen LogP contribution in [0.3, 0.4) is 0 Å². The van der Waals surface area contributed by atoms with Crippen LogP contribution in [0.25, 0.3) is 89.1 Å². The van der Waals surface area contributed by atoms with Gasteiger partial charge >= 0.3 is 0 Å². The zero-order valence-electron chi connectivity index (χ0n) is 63.4. The number of nitrogens with zero attached hydrogens (tertiary/aromatic N) is 4. The second-order valence-corrected chi connectivity index (χ2v) is 33.8. The van der Waals surface area contributed by atoms with Crippen LogP contribution >= 0.6 is 0 Å². The fraction of sp³-hybridized carbons (Fsp3) is 0.181. The van der Waals surface area contributed by atoms with Gasteiger partial charge in [0.05, 0.1) is 16.6 Å². The summed E-state index contributed by atoms with van der Waals surface area (Å²) >= 11 is 0. The molecule has 4 nitrogen and oxygen atoms in total. The highest BCUT2D eigenvalue weighted by Crippen LogP contribution is 2.58. The van der Waals surface area contributed by atoms with Gasteiger partial charge in [-0.25, -0.2) is 0 Å². The van der Waals surface area contributed by atoms with Crippen LogP contribution in [0.5, 0.6) is 0 Å². The Hall–Kier alpha value is -12.0.